The SMILES string of the molecule is Cc1cc(C)c(-c2nc3c(C)c(N)c(Br)cc3o2)c(C)c1. The number of fused-ring (bicyclic) bond motifs is 1. The Morgan fingerprint density at radius 2 is 1.67 bits per heavy atom. The highest BCUT2D eigenvalue weighted by Crippen LogP contribution is 2.35. The van der Waals surface area contributed by atoms with Crippen molar-refractivity contribution in [3.8, 4) is 11.5 Å². The van der Waals surface area contributed by atoms with Crippen molar-refractivity contribution in [3.05, 3.63) is 44.9 Å². The number of oxazole rings is 1. The molecule has 0 aliphatic carbocycles. The van der Waals surface area contributed by atoms with Gasteiger partial charge in [-0.05, 0) is 60.8 Å². The lowest BCUT2D eigenvalue weighted by atomic mass is 10.00. The van der Waals surface area contributed by atoms with Crippen LogP contribution in [0.5, 0.6) is 0 Å². The largest absolute Gasteiger partial charge is 0.436 e. The van der Waals surface area contributed by atoms with Gasteiger partial charge >= 0.3 is 0 Å². The summed E-state index contributed by atoms with van der Waals surface area (Å²) in [5.74, 6) is 0.653. The highest BCUT2D eigenvalue weighted by molar-refractivity contribution is 9.10. The zero-order valence-corrected chi connectivity index (χ0v) is 14.1. The van der Waals surface area contributed by atoms with Gasteiger partial charge in [0, 0.05) is 15.6 Å². The van der Waals surface area contributed by atoms with Gasteiger partial charge in [0.05, 0.1) is 5.69 Å². The first kappa shape index (κ1) is 14.1. The minimum atomic E-state index is 0.653. The molecule has 2 aromatic carbocycles. The fourth-order valence-electron chi connectivity index (χ4n) is 2.82. The molecule has 0 fully saturated rings. The van der Waals surface area contributed by atoms with Crippen molar-refractivity contribution >= 4 is 32.7 Å². The van der Waals surface area contributed by atoms with Crippen LogP contribution < -0.4 is 5.73 Å². The van der Waals surface area contributed by atoms with Gasteiger partial charge in [-0.1, -0.05) is 17.7 Å². The van der Waals surface area contributed by atoms with Gasteiger partial charge in [-0.15, -0.1) is 0 Å². The molecule has 0 spiro atoms. The van der Waals surface area contributed by atoms with Gasteiger partial charge in [-0.2, -0.15) is 0 Å². The fraction of sp³-hybridized carbons (Fsp3) is 0.235. The second-order valence-corrected chi connectivity index (χ2v) is 6.39. The number of hydrogen-bond acceptors (Lipinski definition) is 3. The molecule has 4 heteroatoms. The summed E-state index contributed by atoms with van der Waals surface area (Å²) >= 11 is 3.46. The van der Waals surface area contributed by atoms with Crippen LogP contribution in [0.4, 0.5) is 5.69 Å². The van der Waals surface area contributed by atoms with E-state index in [2.05, 4.69) is 53.8 Å². The molecule has 3 nitrogen and oxygen atoms in total. The molecule has 0 atom stereocenters. The van der Waals surface area contributed by atoms with E-state index in [-0.39, 0.29) is 0 Å². The average Bonchev–Trinajstić information content (AvgIpc) is 2.78. The maximum Gasteiger partial charge on any atom is 0.227 e. The summed E-state index contributed by atoms with van der Waals surface area (Å²) in [5, 5.41) is 0. The molecule has 21 heavy (non-hydrogen) atoms. The van der Waals surface area contributed by atoms with Crippen LogP contribution in [0.25, 0.3) is 22.6 Å². The van der Waals surface area contributed by atoms with Gasteiger partial charge in [0.15, 0.2) is 5.58 Å². The first-order chi connectivity index (χ1) is 9.88. The summed E-state index contributed by atoms with van der Waals surface area (Å²) in [6, 6.07) is 6.18. The molecule has 0 saturated heterocycles. The number of benzene rings is 2. The molecule has 108 valence electrons. The topological polar surface area (TPSA) is 52.0 Å². The molecule has 3 aromatic rings. The van der Waals surface area contributed by atoms with E-state index in [9.17, 15) is 0 Å². The Bertz CT molecular complexity index is 842. The molecular formula is C17H17BrN2O. The third kappa shape index (κ3) is 2.23. The Kier molecular flexibility index (Phi) is 3.29. The van der Waals surface area contributed by atoms with Crippen LogP contribution in [0.2, 0.25) is 0 Å². The molecule has 3 rings (SSSR count). The summed E-state index contributed by atoms with van der Waals surface area (Å²) in [5.41, 5.74) is 13.9. The molecule has 0 radical (unpaired) electrons. The normalized spacial score (nSPS) is 11.3. The predicted molar refractivity (Wildman–Crippen MR) is 90.5 cm³/mol. The summed E-state index contributed by atoms with van der Waals surface area (Å²) in [6.45, 7) is 8.23. The highest BCUT2D eigenvalue weighted by atomic mass is 79.9. The van der Waals surface area contributed by atoms with E-state index < -0.39 is 0 Å². The molecule has 0 aliphatic heterocycles. The molecular weight excluding hydrogens is 328 g/mol. The van der Waals surface area contributed by atoms with Crippen molar-refractivity contribution < 1.29 is 4.42 Å². The first-order valence-corrected chi connectivity index (χ1v) is 7.61. The quantitative estimate of drug-likeness (QED) is 0.626. The molecule has 0 amide bonds. The fourth-order valence-corrected chi connectivity index (χ4v) is 3.33. The number of anilines is 1. The zero-order valence-electron chi connectivity index (χ0n) is 12.5. The van der Waals surface area contributed by atoms with E-state index in [4.69, 9.17) is 10.2 Å². The van der Waals surface area contributed by atoms with E-state index in [1.807, 2.05) is 13.0 Å². The second kappa shape index (κ2) is 4.88. The lowest BCUT2D eigenvalue weighted by molar-refractivity contribution is 0.618. The molecule has 0 bridgehead atoms. The van der Waals surface area contributed by atoms with Gasteiger partial charge < -0.3 is 10.2 Å². The molecule has 1 aromatic heterocycles. The maximum absolute atomic E-state index is 6.05. The standard InChI is InChI=1S/C17H17BrN2O/c1-8-5-9(2)14(10(3)6-8)17-20-16-11(4)15(19)12(18)7-13(16)21-17/h5-7H,19H2,1-4H3. The van der Waals surface area contributed by atoms with Crippen LogP contribution in [0.3, 0.4) is 0 Å². The van der Waals surface area contributed by atoms with Crippen molar-refractivity contribution in [2.45, 2.75) is 27.7 Å². The maximum atomic E-state index is 6.05. The number of nitrogens with zero attached hydrogens (tertiary/aromatic N) is 1. The zero-order chi connectivity index (χ0) is 15.3. The van der Waals surface area contributed by atoms with Crippen LogP contribution in [0.15, 0.2) is 27.1 Å². The number of halogens is 1. The summed E-state index contributed by atoms with van der Waals surface area (Å²) in [7, 11) is 0. The van der Waals surface area contributed by atoms with E-state index in [0.717, 1.165) is 26.7 Å². The number of rotatable bonds is 1. The van der Waals surface area contributed by atoms with Crippen LogP contribution in [0.1, 0.15) is 22.3 Å². The Balaban J connectivity index is 2.30. The Morgan fingerprint density at radius 1 is 1.05 bits per heavy atom. The highest BCUT2D eigenvalue weighted by Gasteiger charge is 2.17. The van der Waals surface area contributed by atoms with Crippen molar-refractivity contribution in [3.63, 3.8) is 0 Å². The third-order valence-corrected chi connectivity index (χ3v) is 4.47. The van der Waals surface area contributed by atoms with Crippen LogP contribution in [-0.2, 0) is 0 Å². The van der Waals surface area contributed by atoms with E-state index in [1.54, 1.807) is 0 Å². The number of nitrogens with two attached hydrogens (primary N) is 1. The summed E-state index contributed by atoms with van der Waals surface area (Å²) < 4.78 is 6.82. The Morgan fingerprint density at radius 3 is 2.29 bits per heavy atom. The van der Waals surface area contributed by atoms with Gasteiger partial charge in [0.1, 0.15) is 5.52 Å². The predicted octanol–water partition coefficient (Wildman–Crippen LogP) is 5.07. The third-order valence-electron chi connectivity index (χ3n) is 3.82. The lowest BCUT2D eigenvalue weighted by Gasteiger charge is -2.07. The van der Waals surface area contributed by atoms with E-state index >= 15 is 0 Å². The molecule has 2 N–H and O–H groups in total. The van der Waals surface area contributed by atoms with Gasteiger partial charge in [-0.25, -0.2) is 4.98 Å². The minimum Gasteiger partial charge on any atom is -0.436 e. The van der Waals surface area contributed by atoms with E-state index in [0.29, 0.717) is 11.6 Å². The molecule has 0 saturated carbocycles. The number of aromatic nitrogens is 1. The number of hydrogen-bond donors (Lipinski definition) is 1. The summed E-state index contributed by atoms with van der Waals surface area (Å²) in [6.07, 6.45) is 0. The van der Waals surface area contributed by atoms with Crippen molar-refractivity contribution in [1.29, 1.82) is 0 Å². The average molecular weight is 345 g/mol. The van der Waals surface area contributed by atoms with E-state index in [1.165, 1.54) is 16.7 Å². The number of aryl methyl sites for hydroxylation is 4. The monoisotopic (exact) mass is 344 g/mol. The van der Waals surface area contributed by atoms with Crippen molar-refractivity contribution in [1.82, 2.24) is 4.98 Å². The van der Waals surface area contributed by atoms with Crippen molar-refractivity contribution in [2.24, 2.45) is 0 Å². The lowest BCUT2D eigenvalue weighted by Crippen LogP contribution is -1.92. The Labute approximate surface area is 132 Å². The first-order valence-electron chi connectivity index (χ1n) is 6.82. The molecule has 0 unspecified atom stereocenters. The van der Waals surface area contributed by atoms with Crippen LogP contribution in [0, 0.1) is 27.7 Å². The van der Waals surface area contributed by atoms with Gasteiger partial charge in [0.2, 0.25) is 5.89 Å². The molecule has 1 heterocycles. The van der Waals surface area contributed by atoms with Gasteiger partial charge in [-0.3, -0.25) is 0 Å². The smallest absolute Gasteiger partial charge is 0.227 e. The van der Waals surface area contributed by atoms with Crippen LogP contribution in [-0.4, -0.2) is 4.98 Å². The second-order valence-electron chi connectivity index (χ2n) is 5.54. The Hall–Kier alpha value is -1.81. The molecule has 0 aliphatic rings. The van der Waals surface area contributed by atoms with Crippen molar-refractivity contribution in [2.75, 3.05) is 5.73 Å². The number of nitrogen functional groups attached to an aromatic ring is 1. The van der Waals surface area contributed by atoms with Gasteiger partial charge in [0.25, 0.3) is 0 Å². The van der Waals surface area contributed by atoms with Crippen LogP contribution >= 0.6 is 15.9 Å². The summed E-state index contributed by atoms with van der Waals surface area (Å²) in [4.78, 5) is 4.67. The minimum absolute atomic E-state index is 0.653.